The first-order chi connectivity index (χ1) is 8.74. The summed E-state index contributed by atoms with van der Waals surface area (Å²) in [5, 5.41) is 17.1. The van der Waals surface area contributed by atoms with Crippen molar-refractivity contribution in [3.8, 4) is 0 Å². The summed E-state index contributed by atoms with van der Waals surface area (Å²) in [4.78, 5) is 15.1. The van der Waals surface area contributed by atoms with Crippen molar-refractivity contribution in [1.82, 2.24) is 4.98 Å². The van der Waals surface area contributed by atoms with E-state index >= 15 is 0 Å². The molecule has 1 atom stereocenters. The second-order valence-corrected chi connectivity index (χ2v) is 5.94. The lowest BCUT2D eigenvalue weighted by Gasteiger charge is -2.09. The van der Waals surface area contributed by atoms with Crippen LogP contribution in [0.15, 0.2) is 15.9 Å². The summed E-state index contributed by atoms with van der Waals surface area (Å²) in [5.41, 5.74) is 0. The number of carboxylic acids is 1. The molecular weight excluding hydrogens is 272 g/mol. The van der Waals surface area contributed by atoms with Gasteiger partial charge in [0.15, 0.2) is 4.34 Å². The Kier molecular flexibility index (Phi) is 11.1. The molecule has 0 amide bonds. The van der Waals surface area contributed by atoms with Crippen LogP contribution in [0.25, 0.3) is 0 Å². The molecule has 0 saturated carbocycles. The van der Waals surface area contributed by atoms with Crippen LogP contribution < -0.4 is 5.90 Å². The molecule has 7 heteroatoms. The lowest BCUT2D eigenvalue weighted by Crippen LogP contribution is -2.15. The van der Waals surface area contributed by atoms with Crippen molar-refractivity contribution < 1.29 is 15.1 Å². The topological polar surface area (TPSA) is 96.4 Å². The van der Waals surface area contributed by atoms with Gasteiger partial charge in [-0.15, -0.1) is 11.3 Å². The number of nitrogens with zero attached hydrogens (tertiary/aromatic N) is 1. The van der Waals surface area contributed by atoms with Gasteiger partial charge < -0.3 is 10.3 Å². The van der Waals surface area contributed by atoms with Gasteiger partial charge in [0.2, 0.25) is 0 Å². The van der Waals surface area contributed by atoms with Crippen LogP contribution in [0.2, 0.25) is 0 Å². The molecular formula is C11H20N2O3S2. The second kappa shape index (κ2) is 11.5. The minimum Gasteiger partial charge on any atom is -0.480 e. The first kappa shape index (κ1) is 17.4. The van der Waals surface area contributed by atoms with Gasteiger partial charge >= 0.3 is 5.97 Å². The van der Waals surface area contributed by atoms with E-state index in [1.165, 1.54) is 35.9 Å². The normalized spacial score (nSPS) is 11.5. The fourth-order valence-corrected chi connectivity index (χ4v) is 3.23. The van der Waals surface area contributed by atoms with Crippen LogP contribution >= 0.6 is 23.1 Å². The van der Waals surface area contributed by atoms with Crippen LogP contribution in [0.5, 0.6) is 0 Å². The highest BCUT2D eigenvalue weighted by atomic mass is 32.2. The fraction of sp³-hybridized carbons (Fsp3) is 0.636. The monoisotopic (exact) mass is 292 g/mol. The molecule has 0 aliphatic carbocycles. The fourth-order valence-electron chi connectivity index (χ4n) is 1.38. The van der Waals surface area contributed by atoms with Gasteiger partial charge in [0, 0.05) is 11.6 Å². The van der Waals surface area contributed by atoms with E-state index in [1.54, 1.807) is 6.20 Å². The van der Waals surface area contributed by atoms with Crippen molar-refractivity contribution in [2.75, 3.05) is 0 Å². The van der Waals surface area contributed by atoms with E-state index < -0.39 is 5.97 Å². The summed E-state index contributed by atoms with van der Waals surface area (Å²) in [7, 11) is 0. The Bertz CT molecular complexity index is 307. The van der Waals surface area contributed by atoms with E-state index in [-0.39, 0.29) is 5.25 Å². The maximum Gasteiger partial charge on any atom is 0.317 e. The quantitative estimate of drug-likeness (QED) is 0.387. The molecule has 4 N–H and O–H groups in total. The molecule has 18 heavy (non-hydrogen) atoms. The van der Waals surface area contributed by atoms with Gasteiger partial charge in [0.1, 0.15) is 5.25 Å². The maximum absolute atomic E-state index is 11.0. The SMILES string of the molecule is CCCCCCC(Sc1nccs1)C(=O)O.NO. The highest BCUT2D eigenvalue weighted by molar-refractivity contribution is 8.02. The van der Waals surface area contributed by atoms with Gasteiger partial charge in [0.25, 0.3) is 0 Å². The van der Waals surface area contributed by atoms with Crippen LogP contribution in [-0.2, 0) is 4.79 Å². The average molecular weight is 292 g/mol. The van der Waals surface area contributed by atoms with Gasteiger partial charge in [-0.25, -0.2) is 10.9 Å². The van der Waals surface area contributed by atoms with Gasteiger partial charge in [-0.2, -0.15) is 0 Å². The predicted molar refractivity (Wildman–Crippen MR) is 74.1 cm³/mol. The predicted octanol–water partition coefficient (Wildman–Crippen LogP) is 2.99. The van der Waals surface area contributed by atoms with E-state index in [4.69, 9.17) is 10.3 Å². The standard InChI is InChI=1S/C11H17NO2S2.H3NO/c1-2-3-4-5-6-9(10(13)14)16-11-12-7-8-15-11;1-2/h7-9H,2-6H2,1H3,(H,13,14);2H,1H2. The third-order valence-corrected chi connectivity index (χ3v) is 4.42. The Morgan fingerprint density at radius 2 is 2.22 bits per heavy atom. The van der Waals surface area contributed by atoms with E-state index in [9.17, 15) is 4.79 Å². The number of thioether (sulfide) groups is 1. The zero-order valence-corrected chi connectivity index (χ0v) is 12.0. The highest BCUT2D eigenvalue weighted by Crippen LogP contribution is 2.28. The van der Waals surface area contributed by atoms with Crippen molar-refractivity contribution in [3.05, 3.63) is 11.6 Å². The number of rotatable bonds is 8. The molecule has 0 spiro atoms. The lowest BCUT2D eigenvalue weighted by atomic mass is 10.1. The molecule has 1 heterocycles. The van der Waals surface area contributed by atoms with Crippen molar-refractivity contribution in [3.63, 3.8) is 0 Å². The van der Waals surface area contributed by atoms with Crippen LogP contribution in [0, 0.1) is 0 Å². The minimum atomic E-state index is -0.725. The van der Waals surface area contributed by atoms with E-state index in [0.717, 1.165) is 23.6 Å². The third kappa shape index (κ3) is 7.65. The molecule has 1 rings (SSSR count). The number of unbranched alkanes of at least 4 members (excludes halogenated alkanes) is 3. The summed E-state index contributed by atoms with van der Waals surface area (Å²) in [6.45, 7) is 2.15. The number of aliphatic carboxylic acids is 1. The van der Waals surface area contributed by atoms with Crippen LogP contribution in [0.1, 0.15) is 39.0 Å². The van der Waals surface area contributed by atoms with Crippen molar-refractivity contribution in [1.29, 1.82) is 0 Å². The zero-order chi connectivity index (χ0) is 13.8. The molecule has 5 nitrogen and oxygen atoms in total. The van der Waals surface area contributed by atoms with Gasteiger partial charge in [0.05, 0.1) is 0 Å². The molecule has 0 bridgehead atoms. The number of aromatic nitrogens is 1. The molecule has 0 aromatic carbocycles. The smallest absolute Gasteiger partial charge is 0.317 e. The van der Waals surface area contributed by atoms with Crippen LogP contribution in [-0.4, -0.2) is 26.5 Å². The molecule has 104 valence electrons. The summed E-state index contributed by atoms with van der Waals surface area (Å²) >= 11 is 2.87. The first-order valence-corrected chi connectivity index (χ1v) is 7.54. The Balaban J connectivity index is 0.00000137. The summed E-state index contributed by atoms with van der Waals surface area (Å²) in [6, 6.07) is 0. The number of thiazole rings is 1. The third-order valence-electron chi connectivity index (χ3n) is 2.25. The Hall–Kier alpha value is -0.630. The summed E-state index contributed by atoms with van der Waals surface area (Å²) in [6.07, 6.45) is 6.93. The van der Waals surface area contributed by atoms with Gasteiger partial charge in [-0.1, -0.05) is 44.4 Å². The number of hydrogen-bond acceptors (Lipinski definition) is 6. The minimum absolute atomic E-state index is 0.344. The second-order valence-electron chi connectivity index (χ2n) is 3.59. The molecule has 0 saturated heterocycles. The Morgan fingerprint density at radius 3 is 2.72 bits per heavy atom. The van der Waals surface area contributed by atoms with Crippen LogP contribution in [0.3, 0.4) is 0 Å². The first-order valence-electron chi connectivity index (χ1n) is 5.78. The number of carbonyl (C=O) groups is 1. The van der Waals surface area contributed by atoms with E-state index in [2.05, 4.69) is 17.8 Å². The number of hydrogen-bond donors (Lipinski definition) is 3. The highest BCUT2D eigenvalue weighted by Gasteiger charge is 2.19. The van der Waals surface area contributed by atoms with Crippen LogP contribution in [0.4, 0.5) is 0 Å². The molecule has 0 fully saturated rings. The van der Waals surface area contributed by atoms with E-state index in [1.807, 2.05) is 5.38 Å². The maximum atomic E-state index is 11.0. The average Bonchev–Trinajstić information content (AvgIpc) is 2.88. The molecule has 0 radical (unpaired) electrons. The number of nitrogens with two attached hydrogens (primary N) is 1. The van der Waals surface area contributed by atoms with E-state index in [0.29, 0.717) is 0 Å². The lowest BCUT2D eigenvalue weighted by molar-refractivity contribution is -0.136. The van der Waals surface area contributed by atoms with Gasteiger partial charge in [-0.05, 0) is 6.42 Å². The molecule has 1 aromatic rings. The number of carboxylic acid groups (broad SMARTS) is 1. The van der Waals surface area contributed by atoms with Crippen molar-refractivity contribution in [2.45, 2.75) is 48.6 Å². The zero-order valence-electron chi connectivity index (χ0n) is 10.4. The molecule has 0 aliphatic heterocycles. The summed E-state index contributed by atoms with van der Waals surface area (Å²) in [5.74, 6) is 2.77. The molecule has 0 aliphatic rings. The molecule has 1 unspecified atom stereocenters. The Labute approximate surface area is 115 Å². The van der Waals surface area contributed by atoms with Gasteiger partial charge in [-0.3, -0.25) is 4.79 Å². The summed E-state index contributed by atoms with van der Waals surface area (Å²) < 4.78 is 0.850. The van der Waals surface area contributed by atoms with Crippen molar-refractivity contribution in [2.24, 2.45) is 5.90 Å². The van der Waals surface area contributed by atoms with Crippen molar-refractivity contribution >= 4 is 29.1 Å². The largest absolute Gasteiger partial charge is 0.480 e. The Morgan fingerprint density at radius 1 is 1.50 bits per heavy atom. The molecule has 1 aromatic heterocycles.